The molecule has 14 heavy (non-hydrogen) atoms. The molecule has 0 bridgehead atoms. The lowest BCUT2D eigenvalue weighted by Gasteiger charge is -2.02. The maximum Gasteiger partial charge on any atom is 0.180 e. The summed E-state index contributed by atoms with van der Waals surface area (Å²) in [6, 6.07) is 4.81. The summed E-state index contributed by atoms with van der Waals surface area (Å²) in [7, 11) is 0. The molecular weight excluding hydrogens is 203 g/mol. The van der Waals surface area contributed by atoms with Gasteiger partial charge in [-0.15, -0.1) is 11.6 Å². The molecule has 2 rings (SSSR count). The molecule has 1 aliphatic carbocycles. The molecule has 0 saturated heterocycles. The second-order valence-corrected chi connectivity index (χ2v) is 3.84. The van der Waals surface area contributed by atoms with Gasteiger partial charge in [-0.05, 0) is 36.5 Å². The number of carbonyl (C=O) groups excluding carboxylic acids is 1. The van der Waals surface area contributed by atoms with E-state index in [0.717, 1.165) is 18.4 Å². The van der Waals surface area contributed by atoms with Gasteiger partial charge in [0, 0.05) is 0 Å². The molecule has 1 nitrogen and oxygen atoms in total. The highest BCUT2D eigenvalue weighted by Gasteiger charge is 2.24. The van der Waals surface area contributed by atoms with Gasteiger partial charge in [0.25, 0.3) is 0 Å². The number of alkyl halides is 1. The van der Waals surface area contributed by atoms with Gasteiger partial charge in [0.15, 0.2) is 5.78 Å². The Morgan fingerprint density at radius 2 is 2.21 bits per heavy atom. The van der Waals surface area contributed by atoms with Crippen molar-refractivity contribution in [3.63, 3.8) is 0 Å². The predicted octanol–water partition coefficient (Wildman–Crippen LogP) is 3.12. The lowest BCUT2D eigenvalue weighted by atomic mass is 10.1. The van der Waals surface area contributed by atoms with Crippen LogP contribution in [-0.4, -0.2) is 11.7 Å². The molecule has 1 aromatic rings. The number of benzene rings is 1. The number of Topliss-reactive ketones (excluding diaryl/α,β-unsaturated/α-hetero) is 1. The van der Waals surface area contributed by atoms with Gasteiger partial charge in [-0.1, -0.05) is 6.07 Å². The summed E-state index contributed by atoms with van der Waals surface area (Å²) >= 11 is 5.36. The fourth-order valence-electron chi connectivity index (χ4n) is 1.50. The number of hydrogen-bond donors (Lipinski definition) is 0. The van der Waals surface area contributed by atoms with Gasteiger partial charge in [0.1, 0.15) is 5.82 Å². The normalized spacial score (nSPS) is 15.6. The van der Waals surface area contributed by atoms with Crippen molar-refractivity contribution in [2.75, 3.05) is 5.88 Å². The van der Waals surface area contributed by atoms with Crippen molar-refractivity contribution in [2.24, 2.45) is 0 Å². The van der Waals surface area contributed by atoms with Crippen LogP contribution >= 0.6 is 11.6 Å². The summed E-state index contributed by atoms with van der Waals surface area (Å²) in [5.41, 5.74) is 1.10. The molecule has 0 radical (unpaired) electrons. The summed E-state index contributed by atoms with van der Waals surface area (Å²) in [5, 5.41) is 0. The zero-order valence-corrected chi connectivity index (χ0v) is 8.35. The van der Waals surface area contributed by atoms with E-state index >= 15 is 0 Å². The Balaban J connectivity index is 2.30. The third kappa shape index (κ3) is 1.80. The van der Waals surface area contributed by atoms with Crippen molar-refractivity contribution in [3.8, 4) is 0 Å². The van der Waals surface area contributed by atoms with Gasteiger partial charge in [0.05, 0.1) is 11.4 Å². The molecule has 0 aliphatic heterocycles. The van der Waals surface area contributed by atoms with Gasteiger partial charge >= 0.3 is 0 Å². The van der Waals surface area contributed by atoms with E-state index in [4.69, 9.17) is 11.6 Å². The van der Waals surface area contributed by atoms with Crippen LogP contribution in [0.3, 0.4) is 0 Å². The average Bonchev–Trinajstić information content (AvgIpc) is 3.00. The van der Waals surface area contributed by atoms with E-state index in [-0.39, 0.29) is 17.2 Å². The minimum Gasteiger partial charge on any atom is -0.293 e. The number of carbonyl (C=O) groups is 1. The zero-order valence-electron chi connectivity index (χ0n) is 7.59. The van der Waals surface area contributed by atoms with E-state index in [9.17, 15) is 9.18 Å². The van der Waals surface area contributed by atoms with Crippen molar-refractivity contribution in [1.82, 2.24) is 0 Å². The first-order chi connectivity index (χ1) is 6.72. The maximum absolute atomic E-state index is 13.4. The lowest BCUT2D eigenvalue weighted by molar-refractivity contribution is 0.101. The van der Waals surface area contributed by atoms with Crippen molar-refractivity contribution in [3.05, 3.63) is 35.1 Å². The smallest absolute Gasteiger partial charge is 0.180 e. The fraction of sp³-hybridized carbons (Fsp3) is 0.364. The van der Waals surface area contributed by atoms with Crippen molar-refractivity contribution in [1.29, 1.82) is 0 Å². The second-order valence-electron chi connectivity index (χ2n) is 3.57. The molecular formula is C11H10ClFO. The maximum atomic E-state index is 13.4. The van der Waals surface area contributed by atoms with Gasteiger partial charge in [0.2, 0.25) is 0 Å². The molecule has 1 saturated carbocycles. The van der Waals surface area contributed by atoms with Crippen LogP contribution in [0.15, 0.2) is 18.2 Å². The molecule has 0 amide bonds. The van der Waals surface area contributed by atoms with Gasteiger partial charge in [-0.3, -0.25) is 4.79 Å². The van der Waals surface area contributed by atoms with Crippen LogP contribution < -0.4 is 0 Å². The van der Waals surface area contributed by atoms with E-state index in [1.807, 2.05) is 6.07 Å². The minimum atomic E-state index is -0.444. The zero-order chi connectivity index (χ0) is 10.1. The molecule has 1 fully saturated rings. The quantitative estimate of drug-likeness (QED) is 0.556. The van der Waals surface area contributed by atoms with E-state index in [0.29, 0.717) is 5.92 Å². The third-order valence-corrected chi connectivity index (χ3v) is 2.71. The lowest BCUT2D eigenvalue weighted by Crippen LogP contribution is -2.03. The van der Waals surface area contributed by atoms with Crippen LogP contribution in [0, 0.1) is 5.82 Å². The largest absolute Gasteiger partial charge is 0.293 e. The van der Waals surface area contributed by atoms with E-state index in [2.05, 4.69) is 0 Å². The van der Waals surface area contributed by atoms with Crippen molar-refractivity contribution in [2.45, 2.75) is 18.8 Å². The standard InChI is InChI=1S/C11H10ClFO/c12-6-11(14)9-4-3-8(5-10(9)13)7-1-2-7/h3-5,7H,1-2,6H2. The molecule has 0 spiro atoms. The Kier molecular flexibility index (Phi) is 2.55. The molecule has 3 heteroatoms. The van der Waals surface area contributed by atoms with Gasteiger partial charge in [-0.25, -0.2) is 4.39 Å². The Hall–Kier alpha value is -0.890. The summed E-state index contributed by atoms with van der Waals surface area (Å²) in [6.45, 7) is 0. The summed E-state index contributed by atoms with van der Waals surface area (Å²) in [5.74, 6) is -0.462. The number of rotatable bonds is 3. The van der Waals surface area contributed by atoms with Crippen LogP contribution in [0.5, 0.6) is 0 Å². The number of ketones is 1. The molecule has 0 N–H and O–H groups in total. The molecule has 1 aromatic carbocycles. The van der Waals surface area contributed by atoms with Gasteiger partial charge in [-0.2, -0.15) is 0 Å². The van der Waals surface area contributed by atoms with Gasteiger partial charge < -0.3 is 0 Å². The fourth-order valence-corrected chi connectivity index (χ4v) is 1.64. The van der Waals surface area contributed by atoms with E-state index < -0.39 is 5.82 Å². The molecule has 0 aromatic heterocycles. The number of halogens is 2. The van der Waals surface area contributed by atoms with Crippen LogP contribution in [0.25, 0.3) is 0 Å². The Labute approximate surface area is 86.9 Å². The predicted molar refractivity (Wildman–Crippen MR) is 53.4 cm³/mol. The Morgan fingerprint density at radius 3 is 2.71 bits per heavy atom. The molecule has 0 heterocycles. The summed E-state index contributed by atoms with van der Waals surface area (Å²) in [6.07, 6.45) is 2.25. The minimum absolute atomic E-state index is 0.101. The molecule has 0 atom stereocenters. The van der Waals surface area contributed by atoms with Crippen LogP contribution in [-0.2, 0) is 0 Å². The van der Waals surface area contributed by atoms with Crippen molar-refractivity contribution >= 4 is 17.4 Å². The average molecular weight is 213 g/mol. The first-order valence-electron chi connectivity index (χ1n) is 4.61. The Morgan fingerprint density at radius 1 is 1.50 bits per heavy atom. The second kappa shape index (κ2) is 3.70. The molecule has 0 unspecified atom stereocenters. The SMILES string of the molecule is O=C(CCl)c1ccc(C2CC2)cc1F. The first kappa shape index (κ1) is 9.66. The summed E-state index contributed by atoms with van der Waals surface area (Å²) < 4.78 is 13.4. The number of hydrogen-bond acceptors (Lipinski definition) is 1. The highest BCUT2D eigenvalue weighted by Crippen LogP contribution is 2.40. The van der Waals surface area contributed by atoms with Crippen LogP contribution in [0.1, 0.15) is 34.7 Å². The van der Waals surface area contributed by atoms with Crippen LogP contribution in [0.2, 0.25) is 0 Å². The van der Waals surface area contributed by atoms with Crippen LogP contribution in [0.4, 0.5) is 4.39 Å². The van der Waals surface area contributed by atoms with E-state index in [1.54, 1.807) is 0 Å². The first-order valence-corrected chi connectivity index (χ1v) is 5.14. The molecule has 1 aliphatic rings. The topological polar surface area (TPSA) is 17.1 Å². The Bertz CT molecular complexity index is 372. The highest BCUT2D eigenvalue weighted by molar-refractivity contribution is 6.30. The van der Waals surface area contributed by atoms with E-state index in [1.165, 1.54) is 12.1 Å². The summed E-state index contributed by atoms with van der Waals surface area (Å²) in [4.78, 5) is 11.2. The highest BCUT2D eigenvalue weighted by atomic mass is 35.5. The van der Waals surface area contributed by atoms with Crippen molar-refractivity contribution < 1.29 is 9.18 Å². The third-order valence-electron chi connectivity index (χ3n) is 2.46. The monoisotopic (exact) mass is 212 g/mol. The molecule has 74 valence electrons.